The quantitative estimate of drug-likeness (QED) is 0.860. The molecule has 0 aliphatic carbocycles. The highest BCUT2D eigenvalue weighted by Gasteiger charge is 2.47. The van der Waals surface area contributed by atoms with Crippen molar-refractivity contribution < 1.29 is 13.2 Å². The zero-order valence-corrected chi connectivity index (χ0v) is 13.0. The lowest BCUT2D eigenvalue weighted by Crippen LogP contribution is -2.48. The predicted octanol–water partition coefficient (Wildman–Crippen LogP) is 2.73. The molecule has 2 unspecified atom stereocenters. The van der Waals surface area contributed by atoms with Gasteiger partial charge in [0.15, 0.2) is 0 Å². The number of piperidine rings is 1. The number of thiophene rings is 1. The van der Waals surface area contributed by atoms with Crippen LogP contribution < -0.4 is 0 Å². The molecule has 0 amide bonds. The summed E-state index contributed by atoms with van der Waals surface area (Å²) in [4.78, 5) is 0. The Balaban J connectivity index is 1.91. The van der Waals surface area contributed by atoms with Gasteiger partial charge in [-0.3, -0.25) is 0 Å². The first-order valence-corrected chi connectivity index (χ1v) is 8.97. The van der Waals surface area contributed by atoms with E-state index in [4.69, 9.17) is 16.3 Å². The Labute approximate surface area is 122 Å². The lowest BCUT2D eigenvalue weighted by molar-refractivity contribution is 0.0350. The molecule has 7 heteroatoms. The van der Waals surface area contributed by atoms with E-state index in [9.17, 15) is 8.42 Å². The van der Waals surface area contributed by atoms with Crippen LogP contribution in [0.5, 0.6) is 0 Å². The summed E-state index contributed by atoms with van der Waals surface area (Å²) >= 11 is 6.99. The van der Waals surface area contributed by atoms with Crippen molar-refractivity contribution in [2.75, 3.05) is 7.11 Å². The summed E-state index contributed by atoms with van der Waals surface area (Å²) in [5.41, 5.74) is 0. The summed E-state index contributed by atoms with van der Waals surface area (Å²) in [7, 11) is -1.70. The summed E-state index contributed by atoms with van der Waals surface area (Å²) in [6, 6.07) is 3.40. The van der Waals surface area contributed by atoms with Crippen LogP contribution in [-0.2, 0) is 14.8 Å². The van der Waals surface area contributed by atoms with Gasteiger partial charge in [0, 0.05) is 19.2 Å². The molecule has 0 saturated carbocycles. The molecule has 1 aromatic rings. The number of ether oxygens (including phenoxy) is 1. The average Bonchev–Trinajstić information content (AvgIpc) is 2.92. The molecule has 1 aromatic heterocycles. The van der Waals surface area contributed by atoms with E-state index in [1.165, 1.54) is 0 Å². The molecular formula is C12H16ClNO3S2. The SMILES string of the molecule is COC1CC2CCC(C1)N2S(=O)(=O)c1ccc(Cl)s1. The molecule has 2 atom stereocenters. The largest absolute Gasteiger partial charge is 0.381 e. The number of nitrogens with zero attached hydrogens (tertiary/aromatic N) is 1. The fourth-order valence-corrected chi connectivity index (χ4v) is 6.69. The Morgan fingerprint density at radius 1 is 1.32 bits per heavy atom. The van der Waals surface area contributed by atoms with E-state index in [1.807, 2.05) is 0 Å². The molecule has 2 aliphatic rings. The van der Waals surface area contributed by atoms with Crippen LogP contribution in [0.3, 0.4) is 0 Å². The third kappa shape index (κ3) is 2.34. The van der Waals surface area contributed by atoms with E-state index < -0.39 is 10.0 Å². The average molecular weight is 322 g/mol. The molecule has 0 radical (unpaired) electrons. The second-order valence-electron chi connectivity index (χ2n) is 5.11. The lowest BCUT2D eigenvalue weighted by atomic mass is 10.0. The second-order valence-corrected chi connectivity index (χ2v) is 8.89. The third-order valence-corrected chi connectivity index (χ3v) is 7.74. The van der Waals surface area contributed by atoms with Gasteiger partial charge < -0.3 is 4.74 Å². The predicted molar refractivity (Wildman–Crippen MR) is 75.2 cm³/mol. The number of methoxy groups -OCH3 is 1. The van der Waals surface area contributed by atoms with E-state index in [1.54, 1.807) is 23.5 Å². The lowest BCUT2D eigenvalue weighted by Gasteiger charge is -2.36. The van der Waals surface area contributed by atoms with E-state index >= 15 is 0 Å². The van der Waals surface area contributed by atoms with Crippen molar-refractivity contribution in [3.05, 3.63) is 16.5 Å². The highest BCUT2D eigenvalue weighted by Crippen LogP contribution is 2.41. The van der Waals surface area contributed by atoms with Gasteiger partial charge in [-0.15, -0.1) is 11.3 Å². The zero-order valence-electron chi connectivity index (χ0n) is 10.6. The van der Waals surface area contributed by atoms with Crippen LogP contribution in [0.25, 0.3) is 0 Å². The molecule has 0 N–H and O–H groups in total. The molecule has 19 heavy (non-hydrogen) atoms. The van der Waals surface area contributed by atoms with E-state index in [0.717, 1.165) is 37.0 Å². The highest BCUT2D eigenvalue weighted by atomic mass is 35.5. The van der Waals surface area contributed by atoms with Gasteiger partial charge >= 0.3 is 0 Å². The van der Waals surface area contributed by atoms with Crippen molar-refractivity contribution in [2.45, 2.75) is 48.1 Å². The normalized spacial score (nSPS) is 31.8. The van der Waals surface area contributed by atoms with Crippen molar-refractivity contribution in [3.63, 3.8) is 0 Å². The molecule has 0 spiro atoms. The van der Waals surface area contributed by atoms with E-state index in [2.05, 4.69) is 0 Å². The molecule has 3 heterocycles. The zero-order chi connectivity index (χ0) is 13.6. The maximum Gasteiger partial charge on any atom is 0.253 e. The molecule has 3 rings (SSSR count). The minimum absolute atomic E-state index is 0.0783. The smallest absolute Gasteiger partial charge is 0.253 e. The summed E-state index contributed by atoms with van der Waals surface area (Å²) < 4.78 is 33.4. The molecule has 4 nitrogen and oxygen atoms in total. The first-order valence-electron chi connectivity index (χ1n) is 6.34. The molecule has 2 aliphatic heterocycles. The number of hydrogen-bond acceptors (Lipinski definition) is 4. The topological polar surface area (TPSA) is 46.6 Å². The van der Waals surface area contributed by atoms with Gasteiger partial charge in [-0.25, -0.2) is 8.42 Å². The minimum Gasteiger partial charge on any atom is -0.381 e. The number of rotatable bonds is 3. The van der Waals surface area contributed by atoms with Gasteiger partial charge in [-0.05, 0) is 37.8 Å². The van der Waals surface area contributed by atoms with Crippen LogP contribution in [0.1, 0.15) is 25.7 Å². The van der Waals surface area contributed by atoms with Crippen LogP contribution in [-0.4, -0.2) is 38.0 Å². The summed E-state index contributed by atoms with van der Waals surface area (Å²) in [6.07, 6.45) is 3.65. The van der Waals surface area contributed by atoms with Crippen LogP contribution in [0.15, 0.2) is 16.3 Å². The standard InChI is InChI=1S/C12H16ClNO3S2/c1-17-10-6-8-2-3-9(7-10)14(8)19(15,16)12-5-4-11(13)18-12/h4-5,8-10H,2-3,6-7H2,1H3. The van der Waals surface area contributed by atoms with Crippen LogP contribution in [0.2, 0.25) is 4.34 Å². The van der Waals surface area contributed by atoms with Crippen molar-refractivity contribution in [1.29, 1.82) is 0 Å². The van der Waals surface area contributed by atoms with Gasteiger partial charge in [0.05, 0.1) is 10.4 Å². The van der Waals surface area contributed by atoms with Crippen LogP contribution in [0.4, 0.5) is 0 Å². The fourth-order valence-electron chi connectivity index (χ4n) is 3.21. The van der Waals surface area contributed by atoms with Gasteiger partial charge in [-0.1, -0.05) is 11.6 Å². The Hall–Kier alpha value is -0.140. The van der Waals surface area contributed by atoms with E-state index in [-0.39, 0.29) is 18.2 Å². The molecule has 2 fully saturated rings. The van der Waals surface area contributed by atoms with Crippen molar-refractivity contribution in [1.82, 2.24) is 4.31 Å². The Bertz CT molecular complexity index is 557. The third-order valence-electron chi connectivity index (χ3n) is 4.04. The van der Waals surface area contributed by atoms with E-state index in [0.29, 0.717) is 8.55 Å². The van der Waals surface area contributed by atoms with Crippen molar-refractivity contribution in [2.24, 2.45) is 0 Å². The summed E-state index contributed by atoms with van der Waals surface area (Å²) in [5, 5.41) is 0. The van der Waals surface area contributed by atoms with Gasteiger partial charge in [0.2, 0.25) is 0 Å². The number of fused-ring (bicyclic) bond motifs is 2. The monoisotopic (exact) mass is 321 g/mol. The minimum atomic E-state index is -3.40. The first kappa shape index (κ1) is 13.8. The van der Waals surface area contributed by atoms with Crippen LogP contribution >= 0.6 is 22.9 Å². The molecule has 0 aromatic carbocycles. The Morgan fingerprint density at radius 2 is 1.95 bits per heavy atom. The summed E-state index contributed by atoms with van der Waals surface area (Å²) in [6.45, 7) is 0. The number of hydrogen-bond donors (Lipinski definition) is 0. The molecule has 2 saturated heterocycles. The Kier molecular flexibility index (Phi) is 3.64. The second kappa shape index (κ2) is 5.00. The summed E-state index contributed by atoms with van der Waals surface area (Å²) in [5.74, 6) is 0. The molecule has 2 bridgehead atoms. The number of sulfonamides is 1. The first-order chi connectivity index (χ1) is 9.02. The van der Waals surface area contributed by atoms with Gasteiger partial charge in [0.25, 0.3) is 10.0 Å². The fraction of sp³-hybridized carbons (Fsp3) is 0.667. The van der Waals surface area contributed by atoms with Crippen molar-refractivity contribution in [3.8, 4) is 0 Å². The Morgan fingerprint density at radius 3 is 2.42 bits per heavy atom. The molecular weight excluding hydrogens is 306 g/mol. The maximum absolute atomic E-state index is 12.7. The van der Waals surface area contributed by atoms with Gasteiger partial charge in [0.1, 0.15) is 4.21 Å². The van der Waals surface area contributed by atoms with Gasteiger partial charge in [-0.2, -0.15) is 4.31 Å². The highest BCUT2D eigenvalue weighted by molar-refractivity contribution is 7.91. The van der Waals surface area contributed by atoms with Crippen LogP contribution in [0, 0.1) is 0 Å². The number of halogens is 1. The van der Waals surface area contributed by atoms with Crippen molar-refractivity contribution >= 4 is 33.0 Å². The molecule has 106 valence electrons. The maximum atomic E-state index is 12.7.